The second-order valence-electron chi connectivity index (χ2n) is 6.24. The third kappa shape index (κ3) is 6.75. The van der Waals surface area contributed by atoms with E-state index < -0.39 is 0 Å². The van der Waals surface area contributed by atoms with Gasteiger partial charge in [-0.2, -0.15) is 0 Å². The molecule has 0 spiro atoms. The second-order valence-corrected chi connectivity index (χ2v) is 6.24. The zero-order valence-corrected chi connectivity index (χ0v) is 12.1. The molecule has 0 aliphatic heterocycles. The van der Waals surface area contributed by atoms with Crippen LogP contribution < -0.4 is 5.32 Å². The maximum absolute atomic E-state index is 12.8. The number of hydrogen-bond donors (Lipinski definition) is 1. The summed E-state index contributed by atoms with van der Waals surface area (Å²) in [6.45, 7) is 9.92. The summed E-state index contributed by atoms with van der Waals surface area (Å²) in [5.74, 6) is 0.547. The van der Waals surface area contributed by atoms with Gasteiger partial charge < -0.3 is 5.32 Å². The van der Waals surface area contributed by atoms with Crippen LogP contribution >= 0.6 is 0 Å². The molecular weight excluding hydrogens is 225 g/mol. The van der Waals surface area contributed by atoms with Crippen LogP contribution in [0.15, 0.2) is 24.3 Å². The number of benzene rings is 1. The van der Waals surface area contributed by atoms with Crippen molar-refractivity contribution in [2.24, 2.45) is 5.92 Å². The topological polar surface area (TPSA) is 12.0 Å². The highest BCUT2D eigenvalue weighted by atomic mass is 19.1. The van der Waals surface area contributed by atoms with Crippen molar-refractivity contribution in [3.63, 3.8) is 0 Å². The molecule has 2 heteroatoms. The normalized spacial score (nSPS) is 13.6. The first kappa shape index (κ1) is 15.2. The van der Waals surface area contributed by atoms with Gasteiger partial charge in [0.25, 0.3) is 0 Å². The molecule has 0 aromatic heterocycles. The second kappa shape index (κ2) is 6.89. The third-order valence-electron chi connectivity index (χ3n) is 3.13. The van der Waals surface area contributed by atoms with Crippen LogP contribution in [0.5, 0.6) is 0 Å². The third-order valence-corrected chi connectivity index (χ3v) is 3.13. The monoisotopic (exact) mass is 251 g/mol. The number of rotatable bonds is 6. The summed E-state index contributed by atoms with van der Waals surface area (Å²) >= 11 is 0. The molecule has 0 saturated heterocycles. The van der Waals surface area contributed by atoms with Crippen molar-refractivity contribution < 1.29 is 4.39 Å². The first-order chi connectivity index (χ1) is 8.37. The zero-order chi connectivity index (χ0) is 13.6. The van der Waals surface area contributed by atoms with Crippen molar-refractivity contribution >= 4 is 0 Å². The molecule has 1 aromatic rings. The number of nitrogens with one attached hydrogen (secondary N) is 1. The van der Waals surface area contributed by atoms with Gasteiger partial charge in [-0.05, 0) is 70.2 Å². The SMILES string of the molecule is CC(CCNC(C)(C)C)CCc1ccc(F)cc1. The summed E-state index contributed by atoms with van der Waals surface area (Å²) in [5, 5.41) is 3.51. The maximum atomic E-state index is 12.8. The average molecular weight is 251 g/mol. The fourth-order valence-corrected chi connectivity index (χ4v) is 1.90. The zero-order valence-electron chi connectivity index (χ0n) is 12.1. The van der Waals surface area contributed by atoms with Gasteiger partial charge in [0.2, 0.25) is 0 Å². The Bertz CT molecular complexity index is 337. The highest BCUT2D eigenvalue weighted by Gasteiger charge is 2.09. The Hall–Kier alpha value is -0.890. The fraction of sp³-hybridized carbons (Fsp3) is 0.625. The van der Waals surface area contributed by atoms with Gasteiger partial charge in [0.05, 0.1) is 0 Å². The summed E-state index contributed by atoms with van der Waals surface area (Å²) in [5.41, 5.74) is 1.43. The molecule has 18 heavy (non-hydrogen) atoms. The van der Waals surface area contributed by atoms with E-state index >= 15 is 0 Å². The van der Waals surface area contributed by atoms with E-state index in [-0.39, 0.29) is 11.4 Å². The van der Waals surface area contributed by atoms with Gasteiger partial charge in [-0.25, -0.2) is 4.39 Å². The molecule has 1 nitrogen and oxygen atoms in total. The van der Waals surface area contributed by atoms with Gasteiger partial charge in [0.15, 0.2) is 0 Å². The molecule has 1 aromatic carbocycles. The van der Waals surface area contributed by atoms with E-state index in [1.165, 1.54) is 12.0 Å². The first-order valence-corrected chi connectivity index (χ1v) is 6.86. The number of hydrogen-bond acceptors (Lipinski definition) is 1. The fourth-order valence-electron chi connectivity index (χ4n) is 1.90. The maximum Gasteiger partial charge on any atom is 0.123 e. The molecule has 1 unspecified atom stereocenters. The van der Waals surface area contributed by atoms with Crippen LogP contribution in [0.3, 0.4) is 0 Å². The van der Waals surface area contributed by atoms with Gasteiger partial charge >= 0.3 is 0 Å². The minimum absolute atomic E-state index is 0.152. The summed E-state index contributed by atoms with van der Waals surface area (Å²) in [6, 6.07) is 6.85. The molecular formula is C16H26FN. The average Bonchev–Trinajstić information content (AvgIpc) is 2.26. The van der Waals surface area contributed by atoms with Gasteiger partial charge in [-0.15, -0.1) is 0 Å². The van der Waals surface area contributed by atoms with E-state index in [2.05, 4.69) is 33.0 Å². The molecule has 0 amide bonds. The Morgan fingerprint density at radius 1 is 1.11 bits per heavy atom. The summed E-state index contributed by atoms with van der Waals surface area (Å²) in [7, 11) is 0. The molecule has 0 aliphatic rings. The number of halogens is 1. The first-order valence-electron chi connectivity index (χ1n) is 6.86. The van der Waals surface area contributed by atoms with Crippen molar-refractivity contribution in [1.82, 2.24) is 5.32 Å². The van der Waals surface area contributed by atoms with Crippen LogP contribution in [0.2, 0.25) is 0 Å². The molecule has 0 heterocycles. The van der Waals surface area contributed by atoms with Gasteiger partial charge in [0.1, 0.15) is 5.82 Å². The lowest BCUT2D eigenvalue weighted by atomic mass is 9.97. The molecule has 0 bridgehead atoms. The van der Waals surface area contributed by atoms with Gasteiger partial charge in [0, 0.05) is 5.54 Å². The van der Waals surface area contributed by atoms with Gasteiger partial charge in [-0.1, -0.05) is 19.1 Å². The number of aryl methyl sites for hydroxylation is 1. The lowest BCUT2D eigenvalue weighted by molar-refractivity contribution is 0.386. The summed E-state index contributed by atoms with van der Waals surface area (Å²) in [4.78, 5) is 0. The van der Waals surface area contributed by atoms with Gasteiger partial charge in [-0.3, -0.25) is 0 Å². The Morgan fingerprint density at radius 2 is 1.72 bits per heavy atom. The highest BCUT2D eigenvalue weighted by molar-refractivity contribution is 5.16. The summed E-state index contributed by atoms with van der Waals surface area (Å²) < 4.78 is 12.8. The van der Waals surface area contributed by atoms with Crippen molar-refractivity contribution in [3.8, 4) is 0 Å². The molecule has 0 radical (unpaired) electrons. The van der Waals surface area contributed by atoms with Crippen LogP contribution in [-0.2, 0) is 6.42 Å². The van der Waals surface area contributed by atoms with E-state index in [9.17, 15) is 4.39 Å². The Morgan fingerprint density at radius 3 is 2.28 bits per heavy atom. The standard InChI is InChI=1S/C16H26FN/c1-13(11-12-18-16(2,3)4)5-6-14-7-9-15(17)10-8-14/h7-10,13,18H,5-6,11-12H2,1-4H3. The van der Waals surface area contributed by atoms with E-state index in [1.54, 1.807) is 12.1 Å². The Labute approximate surface area is 111 Å². The largest absolute Gasteiger partial charge is 0.312 e. The van der Waals surface area contributed by atoms with E-state index in [0.29, 0.717) is 5.92 Å². The molecule has 1 atom stereocenters. The van der Waals surface area contributed by atoms with Crippen LogP contribution in [0.4, 0.5) is 4.39 Å². The van der Waals surface area contributed by atoms with Crippen LogP contribution in [-0.4, -0.2) is 12.1 Å². The predicted molar refractivity (Wildman–Crippen MR) is 76.3 cm³/mol. The lowest BCUT2D eigenvalue weighted by Crippen LogP contribution is -2.36. The van der Waals surface area contributed by atoms with Crippen LogP contribution in [0, 0.1) is 11.7 Å². The molecule has 0 saturated carbocycles. The molecule has 1 rings (SSSR count). The van der Waals surface area contributed by atoms with E-state index in [4.69, 9.17) is 0 Å². The molecule has 0 fully saturated rings. The van der Waals surface area contributed by atoms with E-state index in [0.717, 1.165) is 19.4 Å². The Balaban J connectivity index is 2.21. The van der Waals surface area contributed by atoms with Crippen molar-refractivity contribution in [2.45, 2.75) is 52.5 Å². The molecule has 102 valence electrons. The minimum atomic E-state index is -0.152. The lowest BCUT2D eigenvalue weighted by Gasteiger charge is -2.22. The molecule has 0 aliphatic carbocycles. The summed E-state index contributed by atoms with van der Waals surface area (Å²) in [6.07, 6.45) is 3.40. The van der Waals surface area contributed by atoms with Crippen molar-refractivity contribution in [3.05, 3.63) is 35.6 Å². The van der Waals surface area contributed by atoms with Crippen molar-refractivity contribution in [1.29, 1.82) is 0 Å². The van der Waals surface area contributed by atoms with Crippen LogP contribution in [0.25, 0.3) is 0 Å². The predicted octanol–water partition coefficient (Wildman–Crippen LogP) is 4.17. The quantitative estimate of drug-likeness (QED) is 0.800. The van der Waals surface area contributed by atoms with Crippen molar-refractivity contribution in [2.75, 3.05) is 6.54 Å². The Kier molecular flexibility index (Phi) is 5.80. The highest BCUT2D eigenvalue weighted by Crippen LogP contribution is 2.13. The van der Waals surface area contributed by atoms with Crippen LogP contribution in [0.1, 0.15) is 46.1 Å². The smallest absolute Gasteiger partial charge is 0.123 e. The minimum Gasteiger partial charge on any atom is -0.312 e. The van der Waals surface area contributed by atoms with E-state index in [1.807, 2.05) is 12.1 Å². The molecule has 1 N–H and O–H groups in total.